The molecule has 0 fully saturated rings. The molecule has 0 aliphatic heterocycles. The smallest absolute Gasteiger partial charge is 0.132 e. The molecule has 0 bridgehead atoms. The Balaban J connectivity index is 2.39. The van der Waals surface area contributed by atoms with Crippen LogP contribution in [-0.4, -0.2) is 9.55 Å². The van der Waals surface area contributed by atoms with Gasteiger partial charge in [-0.2, -0.15) is 5.26 Å². The van der Waals surface area contributed by atoms with Gasteiger partial charge in [0.05, 0.1) is 27.7 Å². The zero-order valence-corrected chi connectivity index (χ0v) is 13.6. The maximum atomic E-state index is 9.41. The molecule has 0 radical (unpaired) electrons. The van der Waals surface area contributed by atoms with Crippen molar-refractivity contribution < 1.29 is 0 Å². The summed E-state index contributed by atoms with van der Waals surface area (Å²) < 4.78 is 2.82. The highest BCUT2D eigenvalue weighted by Crippen LogP contribution is 2.30. The zero-order valence-electron chi connectivity index (χ0n) is 11.2. The first-order valence-corrected chi connectivity index (χ1v) is 7.66. The Morgan fingerprint density at radius 2 is 2.05 bits per heavy atom. The fourth-order valence-corrected chi connectivity index (χ4v) is 2.86. The molecule has 0 aliphatic carbocycles. The molecule has 2 aromatic carbocycles. The van der Waals surface area contributed by atoms with Crippen molar-refractivity contribution in [3.8, 4) is 11.8 Å². The lowest BCUT2D eigenvalue weighted by Gasteiger charge is -2.12. The number of nitriles is 1. The van der Waals surface area contributed by atoms with Gasteiger partial charge in [-0.25, -0.2) is 4.98 Å². The molecule has 5 heteroatoms. The van der Waals surface area contributed by atoms with Crippen molar-refractivity contribution in [1.82, 2.24) is 9.55 Å². The summed E-state index contributed by atoms with van der Waals surface area (Å²) in [7, 11) is 0. The monoisotopic (exact) mass is 359 g/mol. The maximum Gasteiger partial charge on any atom is 0.132 e. The second-order valence-electron chi connectivity index (χ2n) is 4.68. The molecule has 1 heterocycles. The van der Waals surface area contributed by atoms with E-state index in [0.717, 1.165) is 27.0 Å². The third-order valence-electron chi connectivity index (χ3n) is 3.26. The lowest BCUT2D eigenvalue weighted by molar-refractivity contribution is 0.881. The van der Waals surface area contributed by atoms with Crippen LogP contribution in [0.1, 0.15) is 23.7 Å². The van der Waals surface area contributed by atoms with E-state index in [4.69, 9.17) is 11.6 Å². The SMILES string of the molecule is CC(Cl)c1nc2ccccc2n1-c1ccc(Br)cc1C#N. The molecule has 0 N–H and O–H groups in total. The van der Waals surface area contributed by atoms with Crippen LogP contribution in [0.2, 0.25) is 0 Å². The van der Waals surface area contributed by atoms with Gasteiger partial charge in [-0.05, 0) is 37.3 Å². The Hall–Kier alpha value is -1.83. The number of hydrogen-bond donors (Lipinski definition) is 0. The summed E-state index contributed by atoms with van der Waals surface area (Å²) in [6.07, 6.45) is 0. The summed E-state index contributed by atoms with van der Waals surface area (Å²) in [5, 5.41) is 9.15. The van der Waals surface area contributed by atoms with Crippen molar-refractivity contribution >= 4 is 38.6 Å². The van der Waals surface area contributed by atoms with Crippen LogP contribution < -0.4 is 0 Å². The first-order chi connectivity index (χ1) is 10.1. The highest BCUT2D eigenvalue weighted by atomic mass is 79.9. The molecule has 1 atom stereocenters. The number of aromatic nitrogens is 2. The number of alkyl halides is 1. The number of halogens is 2. The molecule has 0 aliphatic rings. The van der Waals surface area contributed by atoms with Gasteiger partial charge in [0, 0.05) is 4.47 Å². The van der Waals surface area contributed by atoms with Crippen molar-refractivity contribution in [3.05, 3.63) is 58.3 Å². The van der Waals surface area contributed by atoms with Crippen molar-refractivity contribution in [3.63, 3.8) is 0 Å². The van der Waals surface area contributed by atoms with E-state index in [1.54, 1.807) is 6.07 Å². The number of fused-ring (bicyclic) bond motifs is 1. The van der Waals surface area contributed by atoms with Crippen LogP contribution in [0.25, 0.3) is 16.7 Å². The molecular weight excluding hydrogens is 350 g/mol. The van der Waals surface area contributed by atoms with Gasteiger partial charge in [-0.3, -0.25) is 4.57 Å². The van der Waals surface area contributed by atoms with Crippen LogP contribution in [0, 0.1) is 11.3 Å². The van der Waals surface area contributed by atoms with Gasteiger partial charge in [0.25, 0.3) is 0 Å². The fourth-order valence-electron chi connectivity index (χ4n) is 2.36. The largest absolute Gasteiger partial charge is 0.294 e. The highest BCUT2D eigenvalue weighted by Gasteiger charge is 2.18. The molecule has 21 heavy (non-hydrogen) atoms. The summed E-state index contributed by atoms with van der Waals surface area (Å²) in [6.45, 7) is 1.88. The zero-order chi connectivity index (χ0) is 15.0. The Morgan fingerprint density at radius 3 is 2.76 bits per heavy atom. The minimum absolute atomic E-state index is 0.257. The fraction of sp³-hybridized carbons (Fsp3) is 0.125. The number of benzene rings is 2. The number of nitrogens with zero attached hydrogens (tertiary/aromatic N) is 3. The number of imidazole rings is 1. The van der Waals surface area contributed by atoms with Gasteiger partial charge in [-0.15, -0.1) is 11.6 Å². The Bertz CT molecular complexity index is 862. The molecule has 104 valence electrons. The lowest BCUT2D eigenvalue weighted by Crippen LogP contribution is -2.04. The highest BCUT2D eigenvalue weighted by molar-refractivity contribution is 9.10. The molecule has 0 amide bonds. The van der Waals surface area contributed by atoms with E-state index in [0.29, 0.717) is 5.56 Å². The van der Waals surface area contributed by atoms with E-state index in [1.807, 2.05) is 47.9 Å². The summed E-state index contributed by atoms with van der Waals surface area (Å²) in [6, 6.07) is 15.7. The quantitative estimate of drug-likeness (QED) is 0.606. The van der Waals surface area contributed by atoms with E-state index in [2.05, 4.69) is 27.0 Å². The third kappa shape index (κ3) is 2.44. The average molecular weight is 361 g/mol. The molecule has 0 spiro atoms. The second-order valence-corrected chi connectivity index (χ2v) is 6.25. The number of para-hydroxylation sites is 2. The molecule has 0 saturated carbocycles. The minimum Gasteiger partial charge on any atom is -0.294 e. The van der Waals surface area contributed by atoms with Gasteiger partial charge >= 0.3 is 0 Å². The summed E-state index contributed by atoms with van der Waals surface area (Å²) in [5.41, 5.74) is 3.17. The van der Waals surface area contributed by atoms with E-state index in [1.165, 1.54) is 0 Å². The maximum absolute atomic E-state index is 9.41. The van der Waals surface area contributed by atoms with E-state index >= 15 is 0 Å². The van der Waals surface area contributed by atoms with Crippen LogP contribution in [-0.2, 0) is 0 Å². The molecule has 0 saturated heterocycles. The predicted molar refractivity (Wildman–Crippen MR) is 87.8 cm³/mol. The van der Waals surface area contributed by atoms with Gasteiger partial charge < -0.3 is 0 Å². The topological polar surface area (TPSA) is 41.6 Å². The van der Waals surface area contributed by atoms with Crippen molar-refractivity contribution in [2.45, 2.75) is 12.3 Å². The molecule has 3 aromatic rings. The number of rotatable bonds is 2. The van der Waals surface area contributed by atoms with Crippen LogP contribution in [0.3, 0.4) is 0 Å². The Morgan fingerprint density at radius 1 is 1.29 bits per heavy atom. The van der Waals surface area contributed by atoms with E-state index in [-0.39, 0.29) is 5.38 Å². The van der Waals surface area contributed by atoms with E-state index < -0.39 is 0 Å². The van der Waals surface area contributed by atoms with E-state index in [9.17, 15) is 5.26 Å². The normalized spacial score (nSPS) is 12.3. The third-order valence-corrected chi connectivity index (χ3v) is 3.95. The summed E-state index contributed by atoms with van der Waals surface area (Å²) in [5.74, 6) is 0.733. The van der Waals surface area contributed by atoms with Gasteiger partial charge in [0.1, 0.15) is 11.9 Å². The number of hydrogen-bond acceptors (Lipinski definition) is 2. The van der Waals surface area contributed by atoms with Crippen molar-refractivity contribution in [2.75, 3.05) is 0 Å². The van der Waals surface area contributed by atoms with Crippen molar-refractivity contribution in [2.24, 2.45) is 0 Å². The van der Waals surface area contributed by atoms with Crippen LogP contribution in [0.4, 0.5) is 0 Å². The predicted octanol–water partition coefficient (Wildman–Crippen LogP) is 4.96. The molecular formula is C16H11BrClN3. The van der Waals surface area contributed by atoms with Gasteiger partial charge in [0.2, 0.25) is 0 Å². The van der Waals surface area contributed by atoms with Gasteiger partial charge in [-0.1, -0.05) is 28.1 Å². The first kappa shape index (κ1) is 14.1. The molecule has 1 aromatic heterocycles. The second kappa shape index (κ2) is 5.51. The molecule has 3 rings (SSSR count). The lowest BCUT2D eigenvalue weighted by atomic mass is 10.2. The summed E-state index contributed by atoms with van der Waals surface area (Å²) in [4.78, 5) is 4.60. The van der Waals surface area contributed by atoms with Crippen LogP contribution >= 0.6 is 27.5 Å². The average Bonchev–Trinajstić information content (AvgIpc) is 2.86. The Labute approximate surface area is 135 Å². The van der Waals surface area contributed by atoms with Crippen molar-refractivity contribution in [1.29, 1.82) is 5.26 Å². The molecule has 3 nitrogen and oxygen atoms in total. The summed E-state index contributed by atoms with van der Waals surface area (Å²) >= 11 is 9.68. The first-order valence-electron chi connectivity index (χ1n) is 6.43. The van der Waals surface area contributed by atoms with Gasteiger partial charge in [0.15, 0.2) is 0 Å². The Kier molecular flexibility index (Phi) is 3.71. The standard InChI is InChI=1S/C16H11BrClN3/c1-10(18)16-20-13-4-2-3-5-15(13)21(16)14-7-6-12(17)8-11(14)9-19/h2-8,10H,1H3. The molecule has 1 unspecified atom stereocenters. The van der Waals surface area contributed by atoms with Crippen LogP contribution in [0.5, 0.6) is 0 Å². The van der Waals surface area contributed by atoms with Crippen LogP contribution in [0.15, 0.2) is 46.9 Å². The minimum atomic E-state index is -0.257.